The Labute approximate surface area is 149 Å². The van der Waals surface area contributed by atoms with Gasteiger partial charge < -0.3 is 14.5 Å². The molecule has 1 aromatic carbocycles. The second-order valence-corrected chi connectivity index (χ2v) is 6.42. The highest BCUT2D eigenvalue weighted by Gasteiger charge is 2.24. The molecule has 0 spiro atoms. The van der Waals surface area contributed by atoms with Crippen molar-refractivity contribution in [3.05, 3.63) is 54.0 Å². The van der Waals surface area contributed by atoms with Gasteiger partial charge in [-0.3, -0.25) is 9.69 Å². The number of likely N-dealkylation sites (tertiary alicyclic amines) is 1. The van der Waals surface area contributed by atoms with E-state index in [1.165, 1.54) is 5.56 Å². The van der Waals surface area contributed by atoms with Crippen molar-refractivity contribution in [3.8, 4) is 5.75 Å². The molecule has 1 aliphatic heterocycles. The highest BCUT2D eigenvalue weighted by atomic mass is 16.5. The molecule has 1 amide bonds. The summed E-state index contributed by atoms with van der Waals surface area (Å²) in [6, 6.07) is 12.0. The minimum Gasteiger partial charge on any atom is -0.494 e. The van der Waals surface area contributed by atoms with Crippen LogP contribution in [-0.4, -0.2) is 30.5 Å². The van der Waals surface area contributed by atoms with E-state index in [2.05, 4.69) is 22.3 Å². The molecule has 5 nitrogen and oxygen atoms in total. The van der Waals surface area contributed by atoms with E-state index in [-0.39, 0.29) is 11.8 Å². The summed E-state index contributed by atoms with van der Waals surface area (Å²) in [7, 11) is 0. The van der Waals surface area contributed by atoms with Gasteiger partial charge in [-0.15, -0.1) is 0 Å². The first-order valence-corrected chi connectivity index (χ1v) is 8.99. The Morgan fingerprint density at radius 2 is 2.00 bits per heavy atom. The Balaban J connectivity index is 1.41. The maximum Gasteiger partial charge on any atom is 0.223 e. The van der Waals surface area contributed by atoms with E-state index in [0.29, 0.717) is 13.2 Å². The summed E-state index contributed by atoms with van der Waals surface area (Å²) in [6.45, 7) is 5.97. The van der Waals surface area contributed by atoms with Gasteiger partial charge in [0.15, 0.2) is 0 Å². The Morgan fingerprint density at radius 3 is 2.64 bits per heavy atom. The number of benzene rings is 1. The van der Waals surface area contributed by atoms with Gasteiger partial charge in [0.05, 0.1) is 19.4 Å². The van der Waals surface area contributed by atoms with Crippen LogP contribution in [0.4, 0.5) is 0 Å². The van der Waals surface area contributed by atoms with Gasteiger partial charge in [-0.05, 0) is 62.7 Å². The average Bonchev–Trinajstić information content (AvgIpc) is 3.16. The lowest BCUT2D eigenvalue weighted by Gasteiger charge is -2.31. The quantitative estimate of drug-likeness (QED) is 0.839. The van der Waals surface area contributed by atoms with Gasteiger partial charge in [0.1, 0.15) is 11.5 Å². The van der Waals surface area contributed by atoms with Crippen LogP contribution in [0.25, 0.3) is 0 Å². The number of amides is 1. The summed E-state index contributed by atoms with van der Waals surface area (Å²) in [5, 5.41) is 2.97. The maximum absolute atomic E-state index is 12.3. The Bertz CT molecular complexity index is 644. The highest BCUT2D eigenvalue weighted by Crippen LogP contribution is 2.20. The molecule has 1 aliphatic rings. The molecule has 1 saturated heterocycles. The third-order valence-electron chi connectivity index (χ3n) is 4.62. The molecule has 1 N–H and O–H groups in total. The van der Waals surface area contributed by atoms with E-state index in [1.54, 1.807) is 6.26 Å². The van der Waals surface area contributed by atoms with E-state index < -0.39 is 0 Å². The molecular weight excluding hydrogens is 316 g/mol. The summed E-state index contributed by atoms with van der Waals surface area (Å²) >= 11 is 0. The predicted octanol–water partition coefficient (Wildman–Crippen LogP) is 3.21. The zero-order valence-electron chi connectivity index (χ0n) is 14.7. The highest BCUT2D eigenvalue weighted by molar-refractivity contribution is 5.78. The molecule has 2 aromatic rings. The zero-order valence-corrected chi connectivity index (χ0v) is 14.7. The molecule has 3 rings (SSSR count). The van der Waals surface area contributed by atoms with Crippen molar-refractivity contribution in [2.24, 2.45) is 5.92 Å². The van der Waals surface area contributed by atoms with E-state index in [4.69, 9.17) is 9.15 Å². The summed E-state index contributed by atoms with van der Waals surface area (Å²) in [6.07, 6.45) is 3.43. The van der Waals surface area contributed by atoms with Gasteiger partial charge in [-0.1, -0.05) is 12.1 Å². The first kappa shape index (κ1) is 17.5. The van der Waals surface area contributed by atoms with Crippen LogP contribution in [0.2, 0.25) is 0 Å². The van der Waals surface area contributed by atoms with Crippen molar-refractivity contribution < 1.29 is 13.9 Å². The molecule has 5 heteroatoms. The number of furan rings is 1. The predicted molar refractivity (Wildman–Crippen MR) is 96.2 cm³/mol. The molecule has 1 fully saturated rings. The molecule has 0 aliphatic carbocycles. The Morgan fingerprint density at radius 1 is 1.24 bits per heavy atom. The van der Waals surface area contributed by atoms with Crippen LogP contribution < -0.4 is 10.1 Å². The molecule has 134 valence electrons. The lowest BCUT2D eigenvalue weighted by molar-refractivity contribution is -0.126. The van der Waals surface area contributed by atoms with E-state index in [1.807, 2.05) is 31.2 Å². The fraction of sp³-hybridized carbons (Fsp3) is 0.450. The van der Waals surface area contributed by atoms with Crippen LogP contribution in [0, 0.1) is 5.92 Å². The van der Waals surface area contributed by atoms with Crippen LogP contribution in [0.1, 0.15) is 31.1 Å². The van der Waals surface area contributed by atoms with Crippen molar-refractivity contribution in [2.75, 3.05) is 19.7 Å². The van der Waals surface area contributed by atoms with Gasteiger partial charge in [-0.25, -0.2) is 0 Å². The van der Waals surface area contributed by atoms with Gasteiger partial charge >= 0.3 is 0 Å². The first-order valence-electron chi connectivity index (χ1n) is 8.99. The monoisotopic (exact) mass is 342 g/mol. The normalized spacial score (nSPS) is 15.9. The third-order valence-corrected chi connectivity index (χ3v) is 4.62. The summed E-state index contributed by atoms with van der Waals surface area (Å²) in [5.41, 5.74) is 1.28. The number of hydrogen-bond acceptors (Lipinski definition) is 4. The maximum atomic E-state index is 12.3. The van der Waals surface area contributed by atoms with Crippen molar-refractivity contribution >= 4 is 5.91 Å². The van der Waals surface area contributed by atoms with Crippen LogP contribution in [0.5, 0.6) is 5.75 Å². The van der Waals surface area contributed by atoms with Crippen LogP contribution in [0.3, 0.4) is 0 Å². The number of piperidine rings is 1. The van der Waals surface area contributed by atoms with Gasteiger partial charge in [0.25, 0.3) is 0 Å². The molecule has 0 saturated carbocycles. The topological polar surface area (TPSA) is 54.7 Å². The fourth-order valence-corrected chi connectivity index (χ4v) is 3.20. The number of rotatable bonds is 7. The number of nitrogens with one attached hydrogen (secondary N) is 1. The smallest absolute Gasteiger partial charge is 0.223 e. The fourth-order valence-electron chi connectivity index (χ4n) is 3.20. The minimum absolute atomic E-state index is 0.103. The number of nitrogens with zero attached hydrogens (tertiary/aromatic N) is 1. The molecule has 0 radical (unpaired) electrons. The average molecular weight is 342 g/mol. The van der Waals surface area contributed by atoms with Crippen LogP contribution in [0.15, 0.2) is 47.1 Å². The summed E-state index contributed by atoms with van der Waals surface area (Å²) in [4.78, 5) is 14.7. The summed E-state index contributed by atoms with van der Waals surface area (Å²) < 4.78 is 10.7. The standard InChI is InChI=1S/C20H26N2O3/c1-2-24-18-7-5-16(6-8-18)15-22-11-9-17(10-12-22)20(23)21-14-19-4-3-13-25-19/h3-8,13,17H,2,9-12,14-15H2,1H3,(H,21,23). The van der Waals surface area contributed by atoms with Crippen molar-refractivity contribution in [1.82, 2.24) is 10.2 Å². The molecule has 0 bridgehead atoms. The van der Waals surface area contributed by atoms with E-state index in [0.717, 1.165) is 44.0 Å². The second kappa shape index (κ2) is 8.72. The molecular formula is C20H26N2O3. The molecule has 25 heavy (non-hydrogen) atoms. The van der Waals surface area contributed by atoms with Gasteiger partial charge in [0.2, 0.25) is 5.91 Å². The molecule has 1 aromatic heterocycles. The largest absolute Gasteiger partial charge is 0.494 e. The van der Waals surface area contributed by atoms with Gasteiger partial charge in [0, 0.05) is 12.5 Å². The first-order chi connectivity index (χ1) is 12.2. The summed E-state index contributed by atoms with van der Waals surface area (Å²) in [5.74, 6) is 1.95. The molecule has 2 heterocycles. The lowest BCUT2D eigenvalue weighted by atomic mass is 9.95. The minimum atomic E-state index is 0.103. The molecule has 0 atom stereocenters. The zero-order chi connectivity index (χ0) is 17.5. The SMILES string of the molecule is CCOc1ccc(CN2CCC(C(=O)NCc3ccco3)CC2)cc1. The number of carbonyl (C=O) groups is 1. The Hall–Kier alpha value is -2.27. The Kier molecular flexibility index (Phi) is 6.12. The van der Waals surface area contributed by atoms with Crippen molar-refractivity contribution in [3.63, 3.8) is 0 Å². The second-order valence-electron chi connectivity index (χ2n) is 6.42. The van der Waals surface area contributed by atoms with Gasteiger partial charge in [-0.2, -0.15) is 0 Å². The van der Waals surface area contributed by atoms with Crippen molar-refractivity contribution in [2.45, 2.75) is 32.9 Å². The number of carbonyl (C=O) groups excluding carboxylic acids is 1. The van der Waals surface area contributed by atoms with Crippen LogP contribution in [-0.2, 0) is 17.9 Å². The number of ether oxygens (including phenoxy) is 1. The number of hydrogen-bond donors (Lipinski definition) is 1. The third kappa shape index (κ3) is 5.10. The lowest BCUT2D eigenvalue weighted by Crippen LogP contribution is -2.40. The molecule has 0 unspecified atom stereocenters. The van der Waals surface area contributed by atoms with E-state index in [9.17, 15) is 4.79 Å². The van der Waals surface area contributed by atoms with Crippen molar-refractivity contribution in [1.29, 1.82) is 0 Å². The van der Waals surface area contributed by atoms with Crippen LogP contribution >= 0.6 is 0 Å². The van der Waals surface area contributed by atoms with E-state index >= 15 is 0 Å².